The van der Waals surface area contributed by atoms with Crippen LogP contribution in [0.4, 0.5) is 0 Å². The van der Waals surface area contributed by atoms with E-state index in [-0.39, 0.29) is 17.1 Å². The zero-order valence-corrected chi connectivity index (χ0v) is 11.3. The molecule has 1 aromatic carbocycles. The van der Waals surface area contributed by atoms with Gasteiger partial charge in [-0.05, 0) is 24.0 Å². The van der Waals surface area contributed by atoms with E-state index < -0.39 is 0 Å². The second kappa shape index (κ2) is 5.34. The van der Waals surface area contributed by atoms with Gasteiger partial charge in [-0.3, -0.25) is 9.59 Å². The quantitative estimate of drug-likeness (QED) is 0.829. The van der Waals surface area contributed by atoms with Crippen molar-refractivity contribution in [1.82, 2.24) is 5.43 Å². The van der Waals surface area contributed by atoms with Crippen LogP contribution in [0.1, 0.15) is 43.5 Å². The molecule has 0 radical (unpaired) electrons. The fourth-order valence-electron chi connectivity index (χ4n) is 2.36. The van der Waals surface area contributed by atoms with Crippen LogP contribution in [0.5, 0.6) is 0 Å². The molecule has 100 valence electrons. The highest BCUT2D eigenvalue weighted by Crippen LogP contribution is 2.31. The van der Waals surface area contributed by atoms with Gasteiger partial charge in [-0.1, -0.05) is 32.0 Å². The number of nitrogens with one attached hydrogen (secondary N) is 1. The summed E-state index contributed by atoms with van der Waals surface area (Å²) in [6, 6.07) is 8.91. The van der Waals surface area contributed by atoms with Gasteiger partial charge in [0.1, 0.15) is 5.78 Å². The Bertz CT molecular complexity index is 518. The third-order valence-corrected chi connectivity index (χ3v) is 3.11. The number of nitrogens with zero attached hydrogens (tertiary/aromatic N) is 1. The monoisotopic (exact) mass is 258 g/mol. The predicted molar refractivity (Wildman–Crippen MR) is 74.0 cm³/mol. The summed E-state index contributed by atoms with van der Waals surface area (Å²) in [5.74, 6) is -0.0621. The molecular formula is C15H18N2O2. The van der Waals surface area contributed by atoms with E-state index in [1.807, 2.05) is 19.9 Å². The molecule has 19 heavy (non-hydrogen) atoms. The van der Waals surface area contributed by atoms with Gasteiger partial charge < -0.3 is 0 Å². The van der Waals surface area contributed by atoms with E-state index in [1.165, 1.54) is 0 Å². The SMILES string of the molecule is CC1(C)CC(=O)C/C(=N/NC(=O)c2ccccc2)C1. The summed E-state index contributed by atoms with van der Waals surface area (Å²) in [5, 5.41) is 4.10. The number of hydrazone groups is 1. The molecule has 1 aromatic rings. The van der Waals surface area contributed by atoms with E-state index in [4.69, 9.17) is 0 Å². The van der Waals surface area contributed by atoms with Crippen LogP contribution in [0, 0.1) is 5.41 Å². The lowest BCUT2D eigenvalue weighted by Crippen LogP contribution is -2.31. The Morgan fingerprint density at radius 2 is 1.89 bits per heavy atom. The highest BCUT2D eigenvalue weighted by atomic mass is 16.2. The molecular weight excluding hydrogens is 240 g/mol. The first-order valence-corrected chi connectivity index (χ1v) is 6.39. The van der Waals surface area contributed by atoms with Gasteiger partial charge in [0, 0.05) is 24.1 Å². The maximum Gasteiger partial charge on any atom is 0.271 e. The molecule has 1 saturated carbocycles. The molecule has 0 unspecified atom stereocenters. The Morgan fingerprint density at radius 1 is 1.21 bits per heavy atom. The molecule has 0 saturated heterocycles. The van der Waals surface area contributed by atoms with Gasteiger partial charge in [0.15, 0.2) is 0 Å². The van der Waals surface area contributed by atoms with Crippen LogP contribution >= 0.6 is 0 Å². The Kier molecular flexibility index (Phi) is 3.79. The highest BCUT2D eigenvalue weighted by Gasteiger charge is 2.30. The van der Waals surface area contributed by atoms with Crippen LogP contribution in [0.25, 0.3) is 0 Å². The average Bonchev–Trinajstić information content (AvgIpc) is 2.34. The summed E-state index contributed by atoms with van der Waals surface area (Å²) in [6.45, 7) is 4.08. The lowest BCUT2D eigenvalue weighted by Gasteiger charge is -2.28. The molecule has 0 aromatic heterocycles. The molecule has 4 nitrogen and oxygen atoms in total. The van der Waals surface area contributed by atoms with Crippen molar-refractivity contribution in [3.8, 4) is 0 Å². The van der Waals surface area contributed by atoms with Crippen LogP contribution in [-0.4, -0.2) is 17.4 Å². The summed E-state index contributed by atoms with van der Waals surface area (Å²) in [7, 11) is 0. The van der Waals surface area contributed by atoms with Crippen molar-refractivity contribution in [2.24, 2.45) is 10.5 Å². The third-order valence-electron chi connectivity index (χ3n) is 3.11. The van der Waals surface area contributed by atoms with Crippen LogP contribution in [0.2, 0.25) is 0 Å². The van der Waals surface area contributed by atoms with Crippen molar-refractivity contribution in [1.29, 1.82) is 0 Å². The Labute approximate surface area is 112 Å². The molecule has 0 heterocycles. The van der Waals surface area contributed by atoms with Crippen molar-refractivity contribution in [3.05, 3.63) is 35.9 Å². The third kappa shape index (κ3) is 3.74. The average molecular weight is 258 g/mol. The fraction of sp³-hybridized carbons (Fsp3) is 0.400. The Hall–Kier alpha value is -1.97. The number of carbonyl (C=O) groups excluding carboxylic acids is 2. The molecule has 0 atom stereocenters. The van der Waals surface area contributed by atoms with Gasteiger partial charge in [-0.25, -0.2) is 5.43 Å². The normalized spacial score (nSPS) is 20.3. The molecule has 1 N–H and O–H groups in total. The Balaban J connectivity index is 2.03. The molecule has 1 fully saturated rings. The minimum atomic E-state index is -0.246. The minimum absolute atomic E-state index is 0.0638. The predicted octanol–water partition coefficient (Wildman–Crippen LogP) is 2.55. The van der Waals surface area contributed by atoms with E-state index in [0.29, 0.717) is 18.4 Å². The van der Waals surface area contributed by atoms with Crippen molar-refractivity contribution in [2.75, 3.05) is 0 Å². The number of Topliss-reactive ketones (excluding diaryl/α,β-unsaturated/α-hetero) is 1. The summed E-state index contributed by atoms with van der Waals surface area (Å²) >= 11 is 0. The first-order chi connectivity index (χ1) is 8.96. The van der Waals surface area contributed by atoms with Gasteiger partial charge in [0.2, 0.25) is 0 Å². The van der Waals surface area contributed by atoms with Crippen LogP contribution < -0.4 is 5.43 Å². The molecule has 4 heteroatoms. The van der Waals surface area contributed by atoms with Gasteiger partial charge in [-0.15, -0.1) is 0 Å². The number of amides is 1. The zero-order chi connectivity index (χ0) is 13.9. The van der Waals surface area contributed by atoms with Crippen molar-refractivity contribution < 1.29 is 9.59 Å². The Morgan fingerprint density at radius 3 is 2.53 bits per heavy atom. The molecule has 0 spiro atoms. The molecule has 1 amide bonds. The summed E-state index contributed by atoms with van der Waals surface area (Å²) in [4.78, 5) is 23.4. The van der Waals surface area contributed by atoms with Crippen LogP contribution in [0.3, 0.4) is 0 Å². The molecule has 1 aliphatic carbocycles. The van der Waals surface area contributed by atoms with Crippen LogP contribution in [0.15, 0.2) is 35.4 Å². The number of carbonyl (C=O) groups is 2. The second-order valence-corrected chi connectivity index (χ2v) is 5.72. The maximum absolute atomic E-state index is 11.8. The number of ketones is 1. The first kappa shape index (κ1) is 13.5. The standard InChI is InChI=1S/C15H18N2O2/c1-15(2)9-12(8-13(18)10-15)16-17-14(19)11-6-4-3-5-7-11/h3-7H,8-10H2,1-2H3,(H,17,19)/b16-12-. The number of rotatable bonds is 2. The maximum atomic E-state index is 11.8. The molecule has 0 aliphatic heterocycles. The fourth-order valence-corrected chi connectivity index (χ4v) is 2.36. The summed E-state index contributed by atoms with van der Waals surface area (Å²) in [6.07, 6.45) is 1.67. The van der Waals surface area contributed by atoms with Crippen molar-refractivity contribution >= 4 is 17.4 Å². The van der Waals surface area contributed by atoms with Crippen LogP contribution in [-0.2, 0) is 4.79 Å². The van der Waals surface area contributed by atoms with Gasteiger partial charge in [0.05, 0.1) is 0 Å². The van der Waals surface area contributed by atoms with E-state index in [1.54, 1.807) is 24.3 Å². The van der Waals surface area contributed by atoms with E-state index in [9.17, 15) is 9.59 Å². The molecule has 1 aliphatic rings. The summed E-state index contributed by atoms with van der Waals surface area (Å²) < 4.78 is 0. The number of hydrogen-bond acceptors (Lipinski definition) is 3. The molecule has 2 rings (SSSR count). The first-order valence-electron chi connectivity index (χ1n) is 6.39. The summed E-state index contributed by atoms with van der Waals surface area (Å²) in [5.41, 5.74) is 3.78. The second-order valence-electron chi connectivity index (χ2n) is 5.72. The molecule has 0 bridgehead atoms. The lowest BCUT2D eigenvalue weighted by atomic mass is 9.76. The largest absolute Gasteiger partial charge is 0.299 e. The van der Waals surface area contributed by atoms with E-state index in [0.717, 1.165) is 12.1 Å². The highest BCUT2D eigenvalue weighted by molar-refractivity contribution is 6.05. The topological polar surface area (TPSA) is 58.5 Å². The van der Waals surface area contributed by atoms with E-state index in [2.05, 4.69) is 10.5 Å². The van der Waals surface area contributed by atoms with E-state index >= 15 is 0 Å². The van der Waals surface area contributed by atoms with Crippen molar-refractivity contribution in [2.45, 2.75) is 33.1 Å². The number of benzene rings is 1. The van der Waals surface area contributed by atoms with Crippen molar-refractivity contribution in [3.63, 3.8) is 0 Å². The smallest absolute Gasteiger partial charge is 0.271 e. The zero-order valence-electron chi connectivity index (χ0n) is 11.3. The number of hydrogen-bond donors (Lipinski definition) is 1. The van der Waals surface area contributed by atoms with Gasteiger partial charge in [-0.2, -0.15) is 5.10 Å². The van der Waals surface area contributed by atoms with Gasteiger partial charge in [0.25, 0.3) is 5.91 Å². The minimum Gasteiger partial charge on any atom is -0.299 e. The lowest BCUT2D eigenvalue weighted by molar-refractivity contribution is -0.120. The van der Waals surface area contributed by atoms with Gasteiger partial charge >= 0.3 is 0 Å².